The lowest BCUT2D eigenvalue weighted by Gasteiger charge is -2.20. The van der Waals surface area contributed by atoms with E-state index in [0.717, 1.165) is 13.0 Å². The summed E-state index contributed by atoms with van der Waals surface area (Å²) in [5.41, 5.74) is 1.59. The van der Waals surface area contributed by atoms with Crippen LogP contribution in [-0.4, -0.2) is 81.7 Å². The molecule has 0 saturated carbocycles. The van der Waals surface area contributed by atoms with Crippen molar-refractivity contribution in [1.82, 2.24) is 19.9 Å². The van der Waals surface area contributed by atoms with Crippen LogP contribution in [0.2, 0.25) is 0 Å². The van der Waals surface area contributed by atoms with Crippen molar-refractivity contribution < 1.29 is 23.7 Å². The number of β-amino-alcohol motifs (C(OH)–C–C–N with tert-alkyl or cyclic N) is 1. The van der Waals surface area contributed by atoms with E-state index >= 15 is 0 Å². The van der Waals surface area contributed by atoms with Gasteiger partial charge in [0.15, 0.2) is 0 Å². The van der Waals surface area contributed by atoms with Gasteiger partial charge in [0.25, 0.3) is 0 Å². The highest BCUT2D eigenvalue weighted by Gasteiger charge is 2.34. The summed E-state index contributed by atoms with van der Waals surface area (Å²) >= 11 is 0. The first kappa shape index (κ1) is 27.1. The van der Waals surface area contributed by atoms with Crippen molar-refractivity contribution in [3.8, 4) is 35.4 Å². The summed E-state index contributed by atoms with van der Waals surface area (Å²) < 4.78 is 32.3. The van der Waals surface area contributed by atoms with Crippen LogP contribution >= 0.6 is 0 Å². The summed E-state index contributed by atoms with van der Waals surface area (Å²) in [5.74, 6) is 2.49. The zero-order valence-corrected chi connectivity index (χ0v) is 22.7. The minimum Gasteiger partial charge on any atom is -0.508 e. The van der Waals surface area contributed by atoms with E-state index in [-0.39, 0.29) is 17.3 Å². The SMILES string of the molecule is C#Cc1c(F)ccc2cc(O)cc(-c3cc4nc(OC)ncc4c(N4CCC(O)C4)n3)c12.FC1CC2CCCN2C1. The van der Waals surface area contributed by atoms with E-state index in [1.54, 1.807) is 18.3 Å². The van der Waals surface area contributed by atoms with Crippen molar-refractivity contribution >= 4 is 27.5 Å². The van der Waals surface area contributed by atoms with Crippen LogP contribution in [0.1, 0.15) is 31.2 Å². The molecule has 5 heterocycles. The number of nitrogens with zero attached hydrogens (tertiary/aromatic N) is 5. The van der Waals surface area contributed by atoms with Crippen LogP contribution in [0, 0.1) is 18.2 Å². The molecule has 0 radical (unpaired) electrons. The van der Waals surface area contributed by atoms with Gasteiger partial charge in [0.1, 0.15) is 23.6 Å². The maximum atomic E-state index is 14.5. The van der Waals surface area contributed by atoms with E-state index in [1.165, 1.54) is 38.2 Å². The summed E-state index contributed by atoms with van der Waals surface area (Å²) in [6.07, 6.45) is 10.2. The largest absolute Gasteiger partial charge is 0.508 e. The smallest absolute Gasteiger partial charge is 0.316 e. The molecule has 3 saturated heterocycles. The summed E-state index contributed by atoms with van der Waals surface area (Å²) in [5, 5.41) is 22.2. The average Bonchev–Trinajstić information content (AvgIpc) is 3.68. The maximum Gasteiger partial charge on any atom is 0.316 e. The fraction of sp³-hybridized carbons (Fsp3) is 0.387. The Morgan fingerprint density at radius 3 is 2.71 bits per heavy atom. The van der Waals surface area contributed by atoms with Crippen LogP contribution in [0.4, 0.5) is 14.6 Å². The maximum absolute atomic E-state index is 14.5. The van der Waals surface area contributed by atoms with Gasteiger partial charge in [-0.25, -0.2) is 18.7 Å². The lowest BCUT2D eigenvalue weighted by molar-refractivity contribution is 0.198. The van der Waals surface area contributed by atoms with Crippen LogP contribution in [0.15, 0.2) is 36.5 Å². The van der Waals surface area contributed by atoms with Crippen molar-refractivity contribution in [2.24, 2.45) is 0 Å². The first-order valence-corrected chi connectivity index (χ1v) is 13.8. The lowest BCUT2D eigenvalue weighted by atomic mass is 9.96. The zero-order chi connectivity index (χ0) is 28.7. The number of hydrogen-bond acceptors (Lipinski definition) is 8. The van der Waals surface area contributed by atoms with Gasteiger partial charge in [0, 0.05) is 42.8 Å². The second-order valence-electron chi connectivity index (χ2n) is 10.8. The highest BCUT2D eigenvalue weighted by atomic mass is 19.1. The van der Waals surface area contributed by atoms with Crippen LogP contribution in [0.3, 0.4) is 0 Å². The molecule has 2 aromatic carbocycles. The molecule has 0 spiro atoms. The molecule has 3 fully saturated rings. The molecule has 2 aromatic heterocycles. The van der Waals surface area contributed by atoms with Crippen molar-refractivity contribution in [1.29, 1.82) is 0 Å². The van der Waals surface area contributed by atoms with Crippen LogP contribution in [0.25, 0.3) is 32.9 Å². The third-order valence-electron chi connectivity index (χ3n) is 8.11. The Kier molecular flexibility index (Phi) is 7.32. The number of aromatic nitrogens is 3. The van der Waals surface area contributed by atoms with Gasteiger partial charge >= 0.3 is 6.01 Å². The Morgan fingerprint density at radius 1 is 1.12 bits per heavy atom. The predicted molar refractivity (Wildman–Crippen MR) is 153 cm³/mol. The fourth-order valence-electron chi connectivity index (χ4n) is 6.20. The summed E-state index contributed by atoms with van der Waals surface area (Å²) in [7, 11) is 1.48. The normalized spacial score (nSPS) is 22.0. The molecule has 3 atom stereocenters. The molecule has 3 unspecified atom stereocenters. The molecule has 7 rings (SSSR count). The van der Waals surface area contributed by atoms with Crippen molar-refractivity contribution in [2.45, 2.75) is 44.0 Å². The van der Waals surface area contributed by atoms with Gasteiger partial charge in [0.2, 0.25) is 0 Å². The van der Waals surface area contributed by atoms with Crippen molar-refractivity contribution in [3.63, 3.8) is 0 Å². The summed E-state index contributed by atoms with van der Waals surface area (Å²) in [6.45, 7) is 2.89. The monoisotopic (exact) mass is 559 g/mol. The van der Waals surface area contributed by atoms with Gasteiger partial charge in [-0.3, -0.25) is 4.90 Å². The molecule has 3 aliphatic rings. The average molecular weight is 560 g/mol. The number of pyridine rings is 1. The molecule has 0 amide bonds. The highest BCUT2D eigenvalue weighted by Crippen LogP contribution is 2.38. The van der Waals surface area contributed by atoms with E-state index in [0.29, 0.717) is 70.8 Å². The number of phenols is 1. The minimum absolute atomic E-state index is 0.00221. The number of terminal acetylenes is 1. The fourth-order valence-corrected chi connectivity index (χ4v) is 6.20. The molecular weight excluding hydrogens is 528 g/mol. The van der Waals surface area contributed by atoms with Crippen molar-refractivity contribution in [2.75, 3.05) is 38.2 Å². The number of phenolic OH excluding ortho intramolecular Hbond substituents is 1. The van der Waals surface area contributed by atoms with Gasteiger partial charge < -0.3 is 19.8 Å². The third-order valence-corrected chi connectivity index (χ3v) is 8.11. The Labute approximate surface area is 236 Å². The Bertz CT molecular complexity index is 1650. The molecule has 0 aliphatic carbocycles. The molecule has 2 N–H and O–H groups in total. The number of fused-ring (bicyclic) bond motifs is 3. The molecule has 10 heteroatoms. The highest BCUT2D eigenvalue weighted by molar-refractivity contribution is 6.03. The molecule has 0 bridgehead atoms. The van der Waals surface area contributed by atoms with E-state index in [4.69, 9.17) is 16.1 Å². The number of hydrogen-bond donors (Lipinski definition) is 2. The van der Waals surface area contributed by atoms with Gasteiger partial charge in [-0.15, -0.1) is 6.42 Å². The van der Waals surface area contributed by atoms with Gasteiger partial charge in [0.05, 0.1) is 35.4 Å². The van der Waals surface area contributed by atoms with Crippen molar-refractivity contribution in [3.05, 3.63) is 47.9 Å². The van der Waals surface area contributed by atoms with Gasteiger partial charge in [-0.1, -0.05) is 12.0 Å². The summed E-state index contributed by atoms with van der Waals surface area (Å²) in [4.78, 5) is 17.7. The van der Waals surface area contributed by atoms with E-state index < -0.39 is 18.1 Å². The number of aliphatic hydroxyl groups is 1. The molecule has 4 aromatic rings. The number of benzene rings is 2. The minimum atomic E-state index is -0.528. The lowest BCUT2D eigenvalue weighted by Crippen LogP contribution is -2.22. The topological polar surface area (TPSA) is 94.8 Å². The number of ether oxygens (including phenoxy) is 1. The van der Waals surface area contributed by atoms with E-state index in [1.807, 2.05) is 4.90 Å². The first-order valence-electron chi connectivity index (χ1n) is 13.8. The standard InChI is InChI=1S/C24H19FN4O3.C7H12FN/c1-3-16-19(25)5-4-13-8-15(31)9-17(22(13)16)20-10-21-18(11-26-24(28-21)32-2)23(27-20)29-7-6-14(30)12-29;8-6-4-7-2-1-3-9(7)5-6/h1,4-5,8-11,14,30-31H,6-7,12H2,2H3;6-7H,1-5H2. The van der Waals surface area contributed by atoms with E-state index in [9.17, 15) is 19.0 Å². The summed E-state index contributed by atoms with van der Waals surface area (Å²) in [6, 6.07) is 8.43. The Hall–Kier alpha value is -4.07. The molecule has 8 nitrogen and oxygen atoms in total. The Balaban J connectivity index is 0.000000283. The molecular formula is C31H31F2N5O3. The number of anilines is 1. The number of alkyl halides is 1. The van der Waals surface area contributed by atoms with Crippen LogP contribution in [-0.2, 0) is 0 Å². The molecule has 212 valence electrons. The first-order chi connectivity index (χ1) is 19.8. The number of halogens is 2. The third kappa shape index (κ3) is 5.23. The number of rotatable bonds is 3. The van der Waals surface area contributed by atoms with Gasteiger partial charge in [-0.2, -0.15) is 4.98 Å². The molecule has 3 aliphatic heterocycles. The quantitative estimate of drug-likeness (QED) is 0.356. The van der Waals surface area contributed by atoms with E-state index in [2.05, 4.69) is 20.8 Å². The Morgan fingerprint density at radius 2 is 1.98 bits per heavy atom. The molecule has 41 heavy (non-hydrogen) atoms. The number of aliphatic hydroxyl groups excluding tert-OH is 1. The number of aromatic hydroxyl groups is 1. The second-order valence-corrected chi connectivity index (χ2v) is 10.8. The zero-order valence-electron chi connectivity index (χ0n) is 22.7. The van der Waals surface area contributed by atoms with Crippen LogP contribution < -0.4 is 9.64 Å². The van der Waals surface area contributed by atoms with Crippen LogP contribution in [0.5, 0.6) is 11.8 Å². The predicted octanol–water partition coefficient (Wildman–Crippen LogP) is 4.44. The van der Waals surface area contributed by atoms with Gasteiger partial charge in [-0.05, 0) is 61.9 Å². The number of methoxy groups -OCH3 is 1. The second kappa shape index (κ2) is 11.1.